The Morgan fingerprint density at radius 1 is 1.19 bits per heavy atom. The third-order valence-corrected chi connectivity index (χ3v) is 6.61. The molecule has 2 aromatic rings. The molecule has 0 spiro atoms. The maximum Gasteiger partial charge on any atom is 0.248 e. The first-order valence-corrected chi connectivity index (χ1v) is 9.59. The first kappa shape index (κ1) is 17.0. The molecule has 1 N–H and O–H groups in total. The van der Waals surface area contributed by atoms with Gasteiger partial charge in [0, 0.05) is 17.9 Å². The third kappa shape index (κ3) is 2.74. The van der Waals surface area contributed by atoms with Crippen LogP contribution in [-0.2, 0) is 14.5 Å². The second-order valence-corrected chi connectivity index (χ2v) is 7.76. The first-order valence-electron chi connectivity index (χ1n) is 8.60. The van der Waals surface area contributed by atoms with E-state index in [0.29, 0.717) is 17.9 Å². The lowest BCUT2D eigenvalue weighted by Crippen LogP contribution is -2.48. The smallest absolute Gasteiger partial charge is 0.248 e. The Balaban J connectivity index is 1.57. The van der Waals surface area contributed by atoms with Crippen molar-refractivity contribution in [3.05, 3.63) is 60.2 Å². The molecule has 0 radical (unpaired) electrons. The van der Waals surface area contributed by atoms with Crippen molar-refractivity contribution >= 4 is 29.3 Å². The molecule has 0 bridgehead atoms. The lowest BCUT2D eigenvalue weighted by atomic mass is 10.0. The molecule has 2 heterocycles. The fourth-order valence-corrected chi connectivity index (χ4v) is 5.39. The summed E-state index contributed by atoms with van der Waals surface area (Å²) in [7, 11) is 1.60. The summed E-state index contributed by atoms with van der Waals surface area (Å²) in [5, 5.41) is 2.94. The molecular weight excluding hydrogens is 348 g/mol. The minimum atomic E-state index is -0.461. The van der Waals surface area contributed by atoms with Crippen molar-refractivity contribution in [1.82, 2.24) is 4.90 Å². The number of rotatable bonds is 4. The molecule has 2 aromatic carbocycles. The van der Waals surface area contributed by atoms with E-state index in [9.17, 15) is 9.59 Å². The topological polar surface area (TPSA) is 58.6 Å². The van der Waals surface area contributed by atoms with E-state index < -0.39 is 10.9 Å². The number of fused-ring (bicyclic) bond motifs is 1. The van der Waals surface area contributed by atoms with E-state index >= 15 is 0 Å². The number of nitrogens with one attached hydrogen (secondary N) is 1. The Bertz CT molecular complexity index is 825. The Kier molecular flexibility index (Phi) is 4.36. The van der Waals surface area contributed by atoms with Crippen LogP contribution in [0.3, 0.4) is 0 Å². The van der Waals surface area contributed by atoms with Gasteiger partial charge < -0.3 is 15.0 Å². The number of amides is 2. The van der Waals surface area contributed by atoms with E-state index in [2.05, 4.69) is 5.32 Å². The molecular formula is C20H20N2O3S. The normalized spacial score (nSPS) is 24.4. The number of hydrogen-bond donors (Lipinski definition) is 1. The summed E-state index contributed by atoms with van der Waals surface area (Å²) in [5.74, 6) is 1.24. The van der Waals surface area contributed by atoms with Gasteiger partial charge in [-0.15, -0.1) is 11.8 Å². The van der Waals surface area contributed by atoms with Crippen molar-refractivity contribution in [3.8, 4) is 5.75 Å². The predicted molar refractivity (Wildman–Crippen MR) is 102 cm³/mol. The zero-order chi connectivity index (χ0) is 18.1. The number of hydrogen-bond acceptors (Lipinski definition) is 4. The fraction of sp³-hybridized carbons (Fsp3) is 0.300. The number of methoxy groups -OCH3 is 1. The number of carbonyl (C=O) groups excluding carboxylic acids is 2. The highest BCUT2D eigenvalue weighted by molar-refractivity contribution is 8.00. The highest BCUT2D eigenvalue weighted by Gasteiger charge is 2.56. The van der Waals surface area contributed by atoms with Crippen LogP contribution >= 0.6 is 11.8 Å². The van der Waals surface area contributed by atoms with Crippen LogP contribution in [0.15, 0.2) is 54.6 Å². The van der Waals surface area contributed by atoms with Crippen LogP contribution in [0.25, 0.3) is 0 Å². The molecule has 4 rings (SSSR count). The van der Waals surface area contributed by atoms with E-state index in [1.165, 1.54) is 0 Å². The highest BCUT2D eigenvalue weighted by Crippen LogP contribution is 2.54. The van der Waals surface area contributed by atoms with Gasteiger partial charge in [-0.1, -0.05) is 30.3 Å². The molecule has 2 amide bonds. The number of benzene rings is 2. The number of ether oxygens (including phenoxy) is 1. The molecule has 2 atom stereocenters. The molecule has 5 nitrogen and oxygen atoms in total. The van der Waals surface area contributed by atoms with E-state index in [4.69, 9.17) is 4.74 Å². The van der Waals surface area contributed by atoms with Crippen molar-refractivity contribution in [3.63, 3.8) is 0 Å². The highest BCUT2D eigenvalue weighted by atomic mass is 32.2. The van der Waals surface area contributed by atoms with E-state index in [-0.39, 0.29) is 11.8 Å². The number of thioether (sulfide) groups is 1. The van der Waals surface area contributed by atoms with Crippen LogP contribution in [0.1, 0.15) is 18.4 Å². The maximum atomic E-state index is 12.9. The minimum Gasteiger partial charge on any atom is -0.497 e. The van der Waals surface area contributed by atoms with Crippen LogP contribution in [0.2, 0.25) is 0 Å². The molecule has 2 saturated heterocycles. The zero-order valence-electron chi connectivity index (χ0n) is 14.5. The van der Waals surface area contributed by atoms with Gasteiger partial charge in [-0.3, -0.25) is 9.59 Å². The van der Waals surface area contributed by atoms with Crippen molar-refractivity contribution in [2.45, 2.75) is 23.8 Å². The molecule has 6 heteroatoms. The van der Waals surface area contributed by atoms with Crippen molar-refractivity contribution in [2.24, 2.45) is 0 Å². The molecule has 0 aromatic heterocycles. The molecule has 0 unspecified atom stereocenters. The Hall–Kier alpha value is -2.47. The number of carbonyl (C=O) groups is 2. The molecule has 0 aliphatic carbocycles. The van der Waals surface area contributed by atoms with Gasteiger partial charge in [0.25, 0.3) is 0 Å². The van der Waals surface area contributed by atoms with Gasteiger partial charge >= 0.3 is 0 Å². The summed E-state index contributed by atoms with van der Waals surface area (Å²) in [5.41, 5.74) is 1.79. The molecule has 2 aliphatic heterocycles. The number of anilines is 1. The van der Waals surface area contributed by atoms with Gasteiger partial charge in [0.15, 0.2) is 0 Å². The second-order valence-electron chi connectivity index (χ2n) is 6.46. The molecule has 0 saturated carbocycles. The summed E-state index contributed by atoms with van der Waals surface area (Å²) in [6, 6.07) is 16.8. The standard InChI is InChI=1S/C20H20N2O3S/c1-25-16-9-7-15(8-10-16)21-19(24)17-13-26-20(12-11-18(23)22(17)20)14-5-3-2-4-6-14/h2-10,17H,11-13H2,1H3,(H,21,24)/t17-,20+/m1/s1. The monoisotopic (exact) mass is 368 g/mol. The van der Waals surface area contributed by atoms with Crippen molar-refractivity contribution in [2.75, 3.05) is 18.2 Å². The summed E-state index contributed by atoms with van der Waals surface area (Å²) >= 11 is 1.69. The number of nitrogens with zero attached hydrogens (tertiary/aromatic N) is 1. The average Bonchev–Trinajstić information content (AvgIpc) is 3.22. The first-order chi connectivity index (χ1) is 12.6. The molecule has 2 fully saturated rings. The molecule has 26 heavy (non-hydrogen) atoms. The third-order valence-electron chi connectivity index (χ3n) is 5.01. The quantitative estimate of drug-likeness (QED) is 0.900. The van der Waals surface area contributed by atoms with Crippen LogP contribution < -0.4 is 10.1 Å². The van der Waals surface area contributed by atoms with Gasteiger partial charge in [0.2, 0.25) is 11.8 Å². The SMILES string of the molecule is COc1ccc(NC(=O)[C@H]2CS[C@]3(c4ccccc4)CCC(=O)N23)cc1. The average molecular weight is 368 g/mol. The van der Waals surface area contributed by atoms with E-state index in [1.54, 1.807) is 48.0 Å². The molecule has 134 valence electrons. The summed E-state index contributed by atoms with van der Waals surface area (Å²) < 4.78 is 5.14. The van der Waals surface area contributed by atoms with E-state index in [1.807, 2.05) is 30.3 Å². The van der Waals surface area contributed by atoms with Crippen molar-refractivity contribution < 1.29 is 14.3 Å². The lowest BCUT2D eigenvalue weighted by molar-refractivity contribution is -0.136. The minimum absolute atomic E-state index is 0.0498. The van der Waals surface area contributed by atoms with Crippen LogP contribution in [0.4, 0.5) is 5.69 Å². The Labute approximate surface area is 156 Å². The summed E-state index contributed by atoms with van der Waals surface area (Å²) in [6.45, 7) is 0. The molecule has 2 aliphatic rings. The lowest BCUT2D eigenvalue weighted by Gasteiger charge is -2.34. The van der Waals surface area contributed by atoms with E-state index in [0.717, 1.165) is 17.7 Å². The van der Waals surface area contributed by atoms with Gasteiger partial charge in [-0.25, -0.2) is 0 Å². The van der Waals surface area contributed by atoms with Gasteiger partial charge in [-0.05, 0) is 36.2 Å². The van der Waals surface area contributed by atoms with Crippen molar-refractivity contribution in [1.29, 1.82) is 0 Å². The zero-order valence-corrected chi connectivity index (χ0v) is 15.3. The maximum absolute atomic E-state index is 12.9. The Morgan fingerprint density at radius 3 is 2.62 bits per heavy atom. The van der Waals surface area contributed by atoms with Crippen LogP contribution in [0.5, 0.6) is 5.75 Å². The summed E-state index contributed by atoms with van der Waals surface area (Å²) in [6.07, 6.45) is 1.22. The van der Waals surface area contributed by atoms with Gasteiger partial charge in [-0.2, -0.15) is 0 Å². The fourth-order valence-electron chi connectivity index (χ4n) is 3.74. The van der Waals surface area contributed by atoms with Gasteiger partial charge in [0.05, 0.1) is 7.11 Å². The largest absolute Gasteiger partial charge is 0.497 e. The van der Waals surface area contributed by atoms with Crippen LogP contribution in [0, 0.1) is 0 Å². The Morgan fingerprint density at radius 2 is 1.92 bits per heavy atom. The predicted octanol–water partition coefficient (Wildman–Crippen LogP) is 3.22. The van der Waals surface area contributed by atoms with Crippen LogP contribution in [-0.4, -0.2) is 35.6 Å². The second kappa shape index (κ2) is 6.68. The summed E-state index contributed by atoms with van der Waals surface area (Å²) in [4.78, 5) is 26.9. The van der Waals surface area contributed by atoms with Gasteiger partial charge in [0.1, 0.15) is 16.7 Å².